The minimum absolute atomic E-state index is 0.0558. The fourth-order valence-corrected chi connectivity index (χ4v) is 1.79. The topological polar surface area (TPSA) is 119 Å². The molecular weight excluding hydrogens is 344 g/mol. The first-order chi connectivity index (χ1) is 9.85. The molecule has 0 aliphatic carbocycles. The summed E-state index contributed by atoms with van der Waals surface area (Å²) in [5.74, 6) is -2.34. The lowest BCUT2D eigenvalue weighted by Gasteiger charge is -2.14. The van der Waals surface area contributed by atoms with Gasteiger partial charge in [0.25, 0.3) is 5.91 Å². The van der Waals surface area contributed by atoms with Gasteiger partial charge in [0.15, 0.2) is 0 Å². The highest BCUT2D eigenvalue weighted by Gasteiger charge is 2.22. The van der Waals surface area contributed by atoms with Gasteiger partial charge >= 0.3 is 11.9 Å². The zero-order chi connectivity index (χ0) is 16.0. The molecule has 4 N–H and O–H groups in total. The first kappa shape index (κ1) is 17.0. The molecule has 0 radical (unpaired) electrons. The summed E-state index contributed by atoms with van der Waals surface area (Å²) in [6, 6.07) is 3.35. The van der Waals surface area contributed by atoms with Gasteiger partial charge in [-0.2, -0.15) is 0 Å². The van der Waals surface area contributed by atoms with E-state index in [-0.39, 0.29) is 18.4 Å². The lowest BCUT2D eigenvalue weighted by molar-refractivity contribution is -0.142. The molecule has 1 atom stereocenters. The Morgan fingerprint density at radius 3 is 2.62 bits per heavy atom. The van der Waals surface area contributed by atoms with E-state index >= 15 is 0 Å². The molecule has 0 spiro atoms. The third kappa shape index (κ3) is 5.07. The summed E-state index contributed by atoms with van der Waals surface area (Å²) in [4.78, 5) is 34.1. The molecule has 114 valence electrons. The van der Waals surface area contributed by atoms with E-state index in [4.69, 9.17) is 10.8 Å². The van der Waals surface area contributed by atoms with Gasteiger partial charge in [0.05, 0.1) is 7.11 Å². The summed E-state index contributed by atoms with van der Waals surface area (Å²) in [6.07, 6.45) is -0.157. The average molecular weight is 359 g/mol. The van der Waals surface area contributed by atoms with Gasteiger partial charge in [-0.25, -0.2) is 4.79 Å². The number of methoxy groups -OCH3 is 1. The number of amides is 1. The third-order valence-electron chi connectivity index (χ3n) is 2.73. The van der Waals surface area contributed by atoms with E-state index in [1.54, 1.807) is 6.07 Å². The van der Waals surface area contributed by atoms with E-state index in [2.05, 4.69) is 26.0 Å². The predicted molar refractivity (Wildman–Crippen MR) is 78.7 cm³/mol. The maximum Gasteiger partial charge on any atom is 0.326 e. The lowest BCUT2D eigenvalue weighted by atomic mass is 10.1. The number of nitrogen functional groups attached to an aromatic ring is 1. The normalized spacial score (nSPS) is 11.5. The van der Waals surface area contributed by atoms with Crippen LogP contribution < -0.4 is 11.1 Å². The molecule has 0 unspecified atom stereocenters. The Bertz CT molecular complexity index is 561. The minimum Gasteiger partial charge on any atom is -0.480 e. The van der Waals surface area contributed by atoms with E-state index in [0.717, 1.165) is 0 Å². The smallest absolute Gasteiger partial charge is 0.326 e. The van der Waals surface area contributed by atoms with Crippen molar-refractivity contribution in [2.24, 2.45) is 0 Å². The van der Waals surface area contributed by atoms with E-state index < -0.39 is 23.9 Å². The van der Waals surface area contributed by atoms with Gasteiger partial charge in [0.2, 0.25) is 0 Å². The Balaban J connectivity index is 2.74. The van der Waals surface area contributed by atoms with Crippen molar-refractivity contribution in [3.8, 4) is 0 Å². The number of carbonyl (C=O) groups is 3. The van der Waals surface area contributed by atoms with Gasteiger partial charge in [-0.15, -0.1) is 0 Å². The number of nitrogens with two attached hydrogens (primary N) is 1. The van der Waals surface area contributed by atoms with Crippen molar-refractivity contribution in [3.05, 3.63) is 28.2 Å². The van der Waals surface area contributed by atoms with Gasteiger partial charge in [-0.1, -0.05) is 0 Å². The molecule has 7 nitrogen and oxygen atoms in total. The summed E-state index contributed by atoms with van der Waals surface area (Å²) < 4.78 is 5.07. The number of rotatable bonds is 6. The Hall–Kier alpha value is -2.09. The quantitative estimate of drug-likeness (QED) is 0.518. The lowest BCUT2D eigenvalue weighted by Crippen LogP contribution is -2.41. The Morgan fingerprint density at radius 1 is 1.43 bits per heavy atom. The molecule has 1 amide bonds. The number of esters is 1. The second-order valence-corrected chi connectivity index (χ2v) is 5.07. The summed E-state index contributed by atoms with van der Waals surface area (Å²) in [5, 5.41) is 11.4. The molecule has 1 aromatic carbocycles. The molecule has 8 heteroatoms. The summed E-state index contributed by atoms with van der Waals surface area (Å²) in [7, 11) is 1.21. The number of aliphatic carboxylic acids is 1. The van der Waals surface area contributed by atoms with E-state index in [9.17, 15) is 14.4 Å². The zero-order valence-electron chi connectivity index (χ0n) is 11.3. The molecule has 0 aromatic heterocycles. The van der Waals surface area contributed by atoms with Crippen molar-refractivity contribution >= 4 is 39.5 Å². The number of halogens is 1. The Kier molecular flexibility index (Phi) is 6.16. The van der Waals surface area contributed by atoms with E-state index in [1.807, 2.05) is 0 Å². The van der Waals surface area contributed by atoms with Crippen molar-refractivity contribution in [1.82, 2.24) is 5.32 Å². The minimum atomic E-state index is -1.22. The van der Waals surface area contributed by atoms with Crippen molar-refractivity contribution in [1.29, 1.82) is 0 Å². The second kappa shape index (κ2) is 7.63. The van der Waals surface area contributed by atoms with Crippen LogP contribution in [0.4, 0.5) is 5.69 Å². The number of hydrogen-bond donors (Lipinski definition) is 3. The first-order valence-electron chi connectivity index (χ1n) is 6.00. The molecule has 1 aromatic rings. The van der Waals surface area contributed by atoms with Crippen molar-refractivity contribution in [3.63, 3.8) is 0 Å². The number of anilines is 1. The molecule has 0 fully saturated rings. The number of carboxylic acid groups (broad SMARTS) is 1. The molecule has 0 saturated heterocycles. The monoisotopic (exact) mass is 358 g/mol. The number of carboxylic acids is 1. The summed E-state index contributed by atoms with van der Waals surface area (Å²) in [6.45, 7) is 0. The van der Waals surface area contributed by atoms with Crippen molar-refractivity contribution in [2.45, 2.75) is 18.9 Å². The molecule has 0 saturated carbocycles. The van der Waals surface area contributed by atoms with Crippen LogP contribution in [0.5, 0.6) is 0 Å². The van der Waals surface area contributed by atoms with E-state index in [0.29, 0.717) is 10.2 Å². The van der Waals surface area contributed by atoms with Crippen LogP contribution in [0.3, 0.4) is 0 Å². The number of benzene rings is 1. The molecule has 0 heterocycles. The summed E-state index contributed by atoms with van der Waals surface area (Å²) >= 11 is 3.20. The molecule has 21 heavy (non-hydrogen) atoms. The van der Waals surface area contributed by atoms with Gasteiger partial charge in [-0.3, -0.25) is 9.59 Å². The molecular formula is C13H15BrN2O5. The molecule has 0 aliphatic heterocycles. The number of ether oxygens (including phenoxy) is 1. The molecule has 0 bridgehead atoms. The van der Waals surface area contributed by atoms with Crippen LogP contribution >= 0.6 is 15.9 Å². The maximum absolute atomic E-state index is 12.0. The van der Waals surface area contributed by atoms with Crippen LogP contribution in [0.1, 0.15) is 23.2 Å². The van der Waals surface area contributed by atoms with Gasteiger partial charge in [-0.05, 0) is 40.5 Å². The average Bonchev–Trinajstić information content (AvgIpc) is 2.45. The van der Waals surface area contributed by atoms with Crippen LogP contribution in [-0.2, 0) is 14.3 Å². The second-order valence-electron chi connectivity index (χ2n) is 4.22. The van der Waals surface area contributed by atoms with E-state index in [1.165, 1.54) is 19.2 Å². The summed E-state index contributed by atoms with van der Waals surface area (Å²) in [5.41, 5.74) is 6.26. The first-order valence-corrected chi connectivity index (χ1v) is 6.80. The van der Waals surface area contributed by atoms with Crippen molar-refractivity contribution in [2.75, 3.05) is 12.8 Å². The van der Waals surface area contributed by atoms with Gasteiger partial charge < -0.3 is 20.9 Å². The Morgan fingerprint density at radius 2 is 2.10 bits per heavy atom. The molecule has 1 rings (SSSR count). The highest BCUT2D eigenvalue weighted by atomic mass is 79.9. The highest BCUT2D eigenvalue weighted by Crippen LogP contribution is 2.20. The number of nitrogens with one attached hydrogen (secondary N) is 1. The van der Waals surface area contributed by atoms with Gasteiger partial charge in [0.1, 0.15) is 6.04 Å². The van der Waals surface area contributed by atoms with Crippen LogP contribution in [0.15, 0.2) is 22.7 Å². The fraction of sp³-hybridized carbons (Fsp3) is 0.308. The predicted octanol–water partition coefficient (Wildman–Crippen LogP) is 1.17. The fourth-order valence-electron chi connectivity index (χ4n) is 1.55. The van der Waals surface area contributed by atoms with Crippen LogP contribution in [-0.4, -0.2) is 36.1 Å². The Labute approximate surface area is 129 Å². The highest BCUT2D eigenvalue weighted by molar-refractivity contribution is 9.10. The van der Waals surface area contributed by atoms with Crippen LogP contribution in [0.2, 0.25) is 0 Å². The van der Waals surface area contributed by atoms with Gasteiger partial charge in [0, 0.05) is 22.1 Å². The van der Waals surface area contributed by atoms with Crippen molar-refractivity contribution < 1.29 is 24.2 Å². The standard InChI is InChI=1S/C13H15BrN2O5/c1-21-11(17)5-4-10(13(19)20)16-12(18)7-2-3-8(14)9(15)6-7/h2-3,6,10H,4-5,15H2,1H3,(H,16,18)(H,19,20)/t10-/m0/s1. The number of hydrogen-bond acceptors (Lipinski definition) is 5. The number of carbonyl (C=O) groups excluding carboxylic acids is 2. The van der Waals surface area contributed by atoms with Crippen LogP contribution in [0.25, 0.3) is 0 Å². The van der Waals surface area contributed by atoms with Crippen LogP contribution in [0, 0.1) is 0 Å². The zero-order valence-corrected chi connectivity index (χ0v) is 12.8. The largest absolute Gasteiger partial charge is 0.480 e. The third-order valence-corrected chi connectivity index (χ3v) is 3.45. The SMILES string of the molecule is COC(=O)CC[C@H](NC(=O)c1ccc(Br)c(N)c1)C(=O)O. The maximum atomic E-state index is 12.0. The molecule has 0 aliphatic rings.